The summed E-state index contributed by atoms with van der Waals surface area (Å²) in [4.78, 5) is 26.1. The second-order valence-corrected chi connectivity index (χ2v) is 4.05. The number of benzene rings is 1. The molecule has 0 aliphatic rings. The fourth-order valence-corrected chi connectivity index (χ4v) is 1.82. The summed E-state index contributed by atoms with van der Waals surface area (Å²) in [5, 5.41) is 0. The number of carbonyl (C=O) groups excluding carboxylic acids is 2. The number of halogens is 1. The van der Waals surface area contributed by atoms with Gasteiger partial charge >= 0.3 is 5.97 Å². The standard InChI is InChI=1S/C14H12FNO3/c1-8-4-3-5-10(15)12(8)13(17)9-6-11(16-7-9)14(18)19-2/h3-7,16H,1-2H3. The maximum atomic E-state index is 13.7. The van der Waals surface area contributed by atoms with Gasteiger partial charge in [0.2, 0.25) is 0 Å². The molecule has 0 aliphatic carbocycles. The summed E-state index contributed by atoms with van der Waals surface area (Å²) in [5.74, 6) is -1.63. The average molecular weight is 261 g/mol. The van der Waals surface area contributed by atoms with Gasteiger partial charge in [0.1, 0.15) is 11.5 Å². The predicted molar refractivity (Wildman–Crippen MR) is 66.7 cm³/mol. The summed E-state index contributed by atoms with van der Waals surface area (Å²) >= 11 is 0. The van der Waals surface area contributed by atoms with Crippen LogP contribution in [-0.2, 0) is 4.74 Å². The Balaban J connectivity index is 2.40. The minimum absolute atomic E-state index is 0.0120. The van der Waals surface area contributed by atoms with Crippen LogP contribution in [0.3, 0.4) is 0 Å². The van der Waals surface area contributed by atoms with E-state index in [0.717, 1.165) is 0 Å². The van der Waals surface area contributed by atoms with Crippen molar-refractivity contribution >= 4 is 11.8 Å². The molecule has 0 spiro atoms. The molecule has 0 bridgehead atoms. The van der Waals surface area contributed by atoms with E-state index in [2.05, 4.69) is 9.72 Å². The van der Waals surface area contributed by atoms with Crippen LogP contribution in [0, 0.1) is 12.7 Å². The second-order valence-electron chi connectivity index (χ2n) is 4.05. The average Bonchev–Trinajstić information content (AvgIpc) is 2.87. The molecular formula is C14H12FNO3. The predicted octanol–water partition coefficient (Wildman–Crippen LogP) is 2.48. The Hall–Kier alpha value is -2.43. The molecule has 98 valence electrons. The van der Waals surface area contributed by atoms with Gasteiger partial charge < -0.3 is 9.72 Å². The number of nitrogens with one attached hydrogen (secondary N) is 1. The monoisotopic (exact) mass is 261 g/mol. The number of hydrogen-bond donors (Lipinski definition) is 1. The topological polar surface area (TPSA) is 59.2 Å². The van der Waals surface area contributed by atoms with Crippen LogP contribution in [0.4, 0.5) is 4.39 Å². The summed E-state index contributed by atoms with van der Waals surface area (Å²) in [5.41, 5.74) is 0.928. The number of hydrogen-bond acceptors (Lipinski definition) is 3. The lowest BCUT2D eigenvalue weighted by atomic mass is 10.0. The molecule has 0 aliphatic heterocycles. The third-order valence-corrected chi connectivity index (χ3v) is 2.80. The zero-order chi connectivity index (χ0) is 14.0. The smallest absolute Gasteiger partial charge is 0.354 e. The van der Waals surface area contributed by atoms with Gasteiger partial charge in [0.15, 0.2) is 5.78 Å². The third kappa shape index (κ3) is 2.40. The minimum atomic E-state index is -0.579. The van der Waals surface area contributed by atoms with Crippen LogP contribution in [0.2, 0.25) is 0 Å². The number of rotatable bonds is 3. The fourth-order valence-electron chi connectivity index (χ4n) is 1.82. The number of ketones is 1. The van der Waals surface area contributed by atoms with Gasteiger partial charge in [-0.25, -0.2) is 9.18 Å². The van der Waals surface area contributed by atoms with Crippen LogP contribution in [0.25, 0.3) is 0 Å². The Morgan fingerprint density at radius 1 is 1.32 bits per heavy atom. The fraction of sp³-hybridized carbons (Fsp3) is 0.143. The van der Waals surface area contributed by atoms with Crippen LogP contribution < -0.4 is 0 Å². The summed E-state index contributed by atoms with van der Waals surface area (Å²) in [6.07, 6.45) is 1.36. The number of aryl methyl sites for hydroxylation is 1. The van der Waals surface area contributed by atoms with E-state index in [1.54, 1.807) is 19.1 Å². The van der Waals surface area contributed by atoms with Crippen LogP contribution in [0.5, 0.6) is 0 Å². The Labute approximate surface area is 109 Å². The van der Waals surface area contributed by atoms with E-state index >= 15 is 0 Å². The van der Waals surface area contributed by atoms with E-state index in [-0.39, 0.29) is 16.8 Å². The molecule has 19 heavy (non-hydrogen) atoms. The molecule has 0 fully saturated rings. The third-order valence-electron chi connectivity index (χ3n) is 2.80. The second kappa shape index (κ2) is 5.06. The highest BCUT2D eigenvalue weighted by Gasteiger charge is 2.19. The Morgan fingerprint density at radius 2 is 2.05 bits per heavy atom. The molecule has 5 heteroatoms. The number of methoxy groups -OCH3 is 1. The van der Waals surface area contributed by atoms with Gasteiger partial charge in [0.25, 0.3) is 0 Å². The Morgan fingerprint density at radius 3 is 2.68 bits per heavy atom. The molecule has 1 aromatic heterocycles. The van der Waals surface area contributed by atoms with Crippen LogP contribution >= 0.6 is 0 Å². The zero-order valence-corrected chi connectivity index (χ0v) is 10.5. The van der Waals surface area contributed by atoms with E-state index in [1.807, 2.05) is 0 Å². The first kappa shape index (κ1) is 13.0. The molecule has 0 saturated heterocycles. The summed E-state index contributed by atoms with van der Waals surface area (Å²) in [6, 6.07) is 5.77. The van der Waals surface area contributed by atoms with Crippen molar-refractivity contribution in [1.82, 2.24) is 4.98 Å². The normalized spacial score (nSPS) is 10.3. The van der Waals surface area contributed by atoms with Gasteiger partial charge in [-0.05, 0) is 24.6 Å². The van der Waals surface area contributed by atoms with E-state index in [9.17, 15) is 14.0 Å². The van der Waals surface area contributed by atoms with Crippen molar-refractivity contribution in [1.29, 1.82) is 0 Å². The maximum Gasteiger partial charge on any atom is 0.354 e. The molecule has 0 atom stereocenters. The highest BCUT2D eigenvalue weighted by Crippen LogP contribution is 2.18. The molecule has 1 aromatic carbocycles. The number of ether oxygens (including phenoxy) is 1. The molecule has 0 unspecified atom stereocenters. The number of aromatic nitrogens is 1. The van der Waals surface area contributed by atoms with E-state index in [0.29, 0.717) is 5.56 Å². The molecule has 4 nitrogen and oxygen atoms in total. The van der Waals surface area contributed by atoms with Gasteiger partial charge in [0, 0.05) is 11.8 Å². The minimum Gasteiger partial charge on any atom is -0.464 e. The summed E-state index contributed by atoms with van der Waals surface area (Å²) in [6.45, 7) is 1.66. The first-order chi connectivity index (χ1) is 9.04. The maximum absolute atomic E-state index is 13.7. The van der Waals surface area contributed by atoms with Crippen molar-refractivity contribution in [2.45, 2.75) is 6.92 Å². The largest absolute Gasteiger partial charge is 0.464 e. The summed E-state index contributed by atoms with van der Waals surface area (Å²) in [7, 11) is 1.24. The van der Waals surface area contributed by atoms with Crippen molar-refractivity contribution < 1.29 is 18.7 Å². The van der Waals surface area contributed by atoms with Crippen LogP contribution in [0.1, 0.15) is 32.0 Å². The van der Waals surface area contributed by atoms with Gasteiger partial charge in [-0.15, -0.1) is 0 Å². The highest BCUT2D eigenvalue weighted by molar-refractivity contribution is 6.10. The molecule has 2 aromatic rings. The highest BCUT2D eigenvalue weighted by atomic mass is 19.1. The number of esters is 1. The molecule has 0 saturated carbocycles. The van der Waals surface area contributed by atoms with Gasteiger partial charge in [0.05, 0.1) is 12.7 Å². The zero-order valence-electron chi connectivity index (χ0n) is 10.5. The lowest BCUT2D eigenvalue weighted by molar-refractivity contribution is 0.0595. The summed E-state index contributed by atoms with van der Waals surface area (Å²) < 4.78 is 18.2. The van der Waals surface area contributed by atoms with E-state index in [1.165, 1.54) is 25.4 Å². The SMILES string of the molecule is COC(=O)c1cc(C(=O)c2c(C)cccc2F)c[nH]1. The lowest BCUT2D eigenvalue weighted by Gasteiger charge is -2.04. The van der Waals surface area contributed by atoms with E-state index in [4.69, 9.17) is 0 Å². The van der Waals surface area contributed by atoms with Crippen molar-refractivity contribution in [2.24, 2.45) is 0 Å². The van der Waals surface area contributed by atoms with Crippen molar-refractivity contribution in [3.8, 4) is 0 Å². The number of H-pyrrole nitrogens is 1. The van der Waals surface area contributed by atoms with Gasteiger partial charge in [-0.3, -0.25) is 4.79 Å². The molecule has 0 amide bonds. The van der Waals surface area contributed by atoms with Crippen LogP contribution in [-0.4, -0.2) is 23.8 Å². The van der Waals surface area contributed by atoms with Gasteiger partial charge in [-0.1, -0.05) is 12.1 Å². The quantitative estimate of drug-likeness (QED) is 0.682. The van der Waals surface area contributed by atoms with Crippen molar-refractivity contribution in [3.63, 3.8) is 0 Å². The Bertz CT molecular complexity index is 626. The molecule has 1 heterocycles. The van der Waals surface area contributed by atoms with Gasteiger partial charge in [-0.2, -0.15) is 0 Å². The molecule has 1 N–H and O–H groups in total. The Kier molecular flexibility index (Phi) is 3.46. The first-order valence-corrected chi connectivity index (χ1v) is 5.61. The van der Waals surface area contributed by atoms with Crippen LogP contribution in [0.15, 0.2) is 30.5 Å². The first-order valence-electron chi connectivity index (χ1n) is 5.61. The lowest BCUT2D eigenvalue weighted by Crippen LogP contribution is -2.06. The molecular weight excluding hydrogens is 249 g/mol. The number of aromatic amines is 1. The molecule has 2 rings (SSSR count). The van der Waals surface area contributed by atoms with Crippen molar-refractivity contribution in [3.05, 3.63) is 58.7 Å². The number of carbonyl (C=O) groups is 2. The van der Waals surface area contributed by atoms with E-state index < -0.39 is 17.6 Å². The van der Waals surface area contributed by atoms with Crippen molar-refractivity contribution in [2.75, 3.05) is 7.11 Å². The molecule has 0 radical (unpaired) electrons.